The number of rotatable bonds is 7. The summed E-state index contributed by atoms with van der Waals surface area (Å²) in [6, 6.07) is 17.0. The van der Waals surface area contributed by atoms with Crippen molar-refractivity contribution in [1.82, 2.24) is 14.3 Å². The van der Waals surface area contributed by atoms with Crippen LogP contribution < -0.4 is 15.2 Å². The summed E-state index contributed by atoms with van der Waals surface area (Å²) in [4.78, 5) is 29.7. The predicted octanol–water partition coefficient (Wildman–Crippen LogP) is 4.57. The van der Waals surface area contributed by atoms with Crippen molar-refractivity contribution in [2.24, 2.45) is 7.05 Å². The van der Waals surface area contributed by atoms with E-state index >= 15 is 0 Å². The largest absolute Gasteiger partial charge is 0.497 e. The van der Waals surface area contributed by atoms with Crippen molar-refractivity contribution in [3.8, 4) is 11.4 Å². The van der Waals surface area contributed by atoms with Crippen LogP contribution in [0, 0.1) is 0 Å². The van der Waals surface area contributed by atoms with Crippen LogP contribution in [-0.4, -0.2) is 53.2 Å². The van der Waals surface area contributed by atoms with Gasteiger partial charge >= 0.3 is 6.09 Å². The molecule has 186 valence electrons. The van der Waals surface area contributed by atoms with E-state index in [2.05, 4.69) is 20.8 Å². The quantitative estimate of drug-likeness (QED) is 0.437. The number of carbonyl (C=O) groups is 1. The number of benzene rings is 2. The number of amides is 1. The van der Waals surface area contributed by atoms with Crippen LogP contribution in [-0.2, 0) is 18.3 Å². The van der Waals surface area contributed by atoms with Gasteiger partial charge in [-0.1, -0.05) is 24.3 Å². The van der Waals surface area contributed by atoms with Gasteiger partial charge in [-0.05, 0) is 60.0 Å². The van der Waals surface area contributed by atoms with E-state index in [1.165, 1.54) is 0 Å². The van der Waals surface area contributed by atoms with E-state index in [-0.39, 0.29) is 17.8 Å². The number of likely N-dealkylation sites (tertiary alicyclic amines) is 1. The van der Waals surface area contributed by atoms with Gasteiger partial charge in [-0.25, -0.2) is 9.48 Å². The maximum atomic E-state index is 12.9. The van der Waals surface area contributed by atoms with E-state index in [4.69, 9.17) is 9.47 Å². The fourth-order valence-electron chi connectivity index (χ4n) is 4.45. The number of halogens is 1. The van der Waals surface area contributed by atoms with Gasteiger partial charge in [-0.15, -0.1) is 0 Å². The number of aromatic nitrogens is 2. The Hall–Kier alpha value is -3.04. The Morgan fingerprint density at radius 2 is 1.83 bits per heavy atom. The van der Waals surface area contributed by atoms with Gasteiger partial charge in [0.25, 0.3) is 5.56 Å². The fourth-order valence-corrected chi connectivity index (χ4v) is 5.00. The molecule has 0 spiro atoms. The van der Waals surface area contributed by atoms with Crippen LogP contribution in [0.4, 0.5) is 10.5 Å². The third-order valence-electron chi connectivity index (χ3n) is 6.40. The normalized spacial score (nSPS) is 14.6. The molecule has 35 heavy (non-hydrogen) atoms. The highest BCUT2D eigenvalue weighted by Crippen LogP contribution is 2.24. The van der Waals surface area contributed by atoms with E-state index in [9.17, 15) is 9.59 Å². The van der Waals surface area contributed by atoms with Crippen molar-refractivity contribution in [3.05, 3.63) is 75.1 Å². The lowest BCUT2D eigenvalue weighted by Gasteiger charge is -2.33. The highest BCUT2D eigenvalue weighted by molar-refractivity contribution is 9.10. The number of para-hydroxylation sites is 1. The first-order valence-corrected chi connectivity index (χ1v) is 12.6. The minimum Gasteiger partial charge on any atom is -0.497 e. The first-order valence-electron chi connectivity index (χ1n) is 11.8. The Bertz CT molecular complexity index is 1220. The van der Waals surface area contributed by atoms with Gasteiger partial charge in [-0.3, -0.25) is 19.3 Å². The maximum Gasteiger partial charge on any atom is 0.414 e. The highest BCUT2D eigenvalue weighted by atomic mass is 79.9. The number of anilines is 1. The summed E-state index contributed by atoms with van der Waals surface area (Å²) in [5, 5.41) is 0. The molecule has 9 heteroatoms. The van der Waals surface area contributed by atoms with E-state index < -0.39 is 0 Å². The van der Waals surface area contributed by atoms with Crippen molar-refractivity contribution < 1.29 is 14.3 Å². The van der Waals surface area contributed by atoms with Gasteiger partial charge < -0.3 is 9.47 Å². The molecule has 0 atom stereocenters. The van der Waals surface area contributed by atoms with Crippen LogP contribution in [0.2, 0.25) is 0 Å². The van der Waals surface area contributed by atoms with Crippen molar-refractivity contribution in [3.63, 3.8) is 0 Å². The number of hydrogen-bond acceptors (Lipinski definition) is 5. The number of carbonyl (C=O) groups excluding carboxylic acids is 1. The zero-order valence-corrected chi connectivity index (χ0v) is 21.9. The first-order chi connectivity index (χ1) is 16.9. The lowest BCUT2D eigenvalue weighted by Crippen LogP contribution is -2.41. The molecule has 1 aliphatic heterocycles. The summed E-state index contributed by atoms with van der Waals surface area (Å²) < 4.78 is 15.3. The molecule has 1 aliphatic rings. The smallest absolute Gasteiger partial charge is 0.414 e. The van der Waals surface area contributed by atoms with Crippen LogP contribution >= 0.6 is 15.9 Å². The molecule has 8 nitrogen and oxygen atoms in total. The lowest BCUT2D eigenvalue weighted by molar-refractivity contribution is 0.0521. The fraction of sp³-hybridized carbons (Fsp3) is 0.385. The van der Waals surface area contributed by atoms with Gasteiger partial charge in [0.1, 0.15) is 16.3 Å². The summed E-state index contributed by atoms with van der Waals surface area (Å²) in [6.07, 6.45) is 1.00. The van der Waals surface area contributed by atoms with Crippen LogP contribution in [0.15, 0.2) is 63.9 Å². The van der Waals surface area contributed by atoms with E-state index in [1.54, 1.807) is 16.7 Å². The molecule has 2 heterocycles. The van der Waals surface area contributed by atoms with Crippen molar-refractivity contribution >= 4 is 27.7 Å². The Labute approximate surface area is 213 Å². The summed E-state index contributed by atoms with van der Waals surface area (Å²) in [6.45, 7) is 4.62. The van der Waals surface area contributed by atoms with Gasteiger partial charge in [0.05, 0.1) is 24.2 Å². The zero-order chi connectivity index (χ0) is 24.9. The minimum absolute atomic E-state index is 0.0743. The number of ether oxygens (including phenoxy) is 2. The van der Waals surface area contributed by atoms with Crippen LogP contribution in [0.5, 0.6) is 5.75 Å². The molecule has 0 radical (unpaired) electrons. The Morgan fingerprint density at radius 1 is 1.11 bits per heavy atom. The number of hydrogen-bond donors (Lipinski definition) is 0. The lowest BCUT2D eigenvalue weighted by atomic mass is 10.1. The molecular formula is C26H31BrN4O4. The molecule has 3 aromatic rings. The topological polar surface area (TPSA) is 68.9 Å². The van der Waals surface area contributed by atoms with Crippen LogP contribution in [0.3, 0.4) is 0 Å². The summed E-state index contributed by atoms with van der Waals surface area (Å²) in [5.41, 5.74) is 2.43. The second-order valence-corrected chi connectivity index (χ2v) is 9.33. The molecule has 0 N–H and O–H groups in total. The van der Waals surface area contributed by atoms with Crippen LogP contribution in [0.1, 0.15) is 25.5 Å². The monoisotopic (exact) mass is 542 g/mol. The van der Waals surface area contributed by atoms with Gasteiger partial charge in [0, 0.05) is 39.3 Å². The summed E-state index contributed by atoms with van der Waals surface area (Å²) in [7, 11) is 3.51. The Morgan fingerprint density at radius 3 is 2.49 bits per heavy atom. The number of piperidine rings is 1. The molecule has 2 aromatic carbocycles. The van der Waals surface area contributed by atoms with E-state index in [1.807, 2.05) is 73.3 Å². The number of methoxy groups -OCH3 is 1. The van der Waals surface area contributed by atoms with Crippen molar-refractivity contribution in [2.45, 2.75) is 32.4 Å². The molecule has 1 amide bonds. The average Bonchev–Trinajstić information content (AvgIpc) is 3.09. The molecule has 0 unspecified atom stereocenters. The molecular weight excluding hydrogens is 512 g/mol. The zero-order valence-electron chi connectivity index (χ0n) is 20.3. The maximum absolute atomic E-state index is 12.9. The SMILES string of the molecule is CCN(C(=O)OC1CCN(Cc2c(Br)c(=O)n(-c3ccccc3)n2C)CC1)c1cccc(OC)c1. The molecule has 0 aliphatic carbocycles. The van der Waals surface area contributed by atoms with Gasteiger partial charge in [-0.2, -0.15) is 0 Å². The molecule has 1 aromatic heterocycles. The molecule has 4 rings (SSSR count). The predicted molar refractivity (Wildman–Crippen MR) is 140 cm³/mol. The standard InChI is InChI=1S/C26H31BrN4O4/c1-4-30(20-11-8-12-22(17-20)34-3)26(33)35-21-13-15-29(16-14-21)18-23-24(27)25(32)31(28(23)2)19-9-6-5-7-10-19/h5-12,17,21H,4,13-16,18H2,1-3H3. The first kappa shape index (κ1) is 25.1. The Kier molecular flexibility index (Phi) is 7.97. The third kappa shape index (κ3) is 5.46. The molecule has 1 fully saturated rings. The highest BCUT2D eigenvalue weighted by Gasteiger charge is 2.27. The van der Waals surface area contributed by atoms with E-state index in [0.717, 1.165) is 43.0 Å². The molecule has 0 bridgehead atoms. The van der Waals surface area contributed by atoms with Crippen molar-refractivity contribution in [2.75, 3.05) is 31.6 Å². The van der Waals surface area contributed by atoms with Gasteiger partial charge in [0.2, 0.25) is 0 Å². The third-order valence-corrected chi connectivity index (χ3v) is 7.20. The van der Waals surface area contributed by atoms with E-state index in [0.29, 0.717) is 23.3 Å². The average molecular weight is 543 g/mol. The minimum atomic E-state index is -0.343. The molecule has 1 saturated heterocycles. The van der Waals surface area contributed by atoms with Gasteiger partial charge in [0.15, 0.2) is 0 Å². The van der Waals surface area contributed by atoms with Crippen LogP contribution in [0.25, 0.3) is 5.69 Å². The second kappa shape index (κ2) is 11.1. The Balaban J connectivity index is 1.37. The summed E-state index contributed by atoms with van der Waals surface area (Å²) in [5.74, 6) is 0.698. The number of nitrogens with zero attached hydrogens (tertiary/aromatic N) is 4. The second-order valence-electron chi connectivity index (χ2n) is 8.54. The molecule has 0 saturated carbocycles. The summed E-state index contributed by atoms with van der Waals surface area (Å²) >= 11 is 3.51. The van der Waals surface area contributed by atoms with Crippen molar-refractivity contribution in [1.29, 1.82) is 0 Å².